The highest BCUT2D eigenvalue weighted by Crippen LogP contribution is 2.55. The first-order chi connectivity index (χ1) is 12.6. The van der Waals surface area contributed by atoms with Crippen molar-refractivity contribution in [1.82, 2.24) is 14.2 Å². The van der Waals surface area contributed by atoms with Crippen LogP contribution in [0, 0.1) is 0 Å². The van der Waals surface area contributed by atoms with Crippen molar-refractivity contribution in [2.75, 3.05) is 52.5 Å². The Morgan fingerprint density at radius 1 is 1.00 bits per heavy atom. The third-order valence-corrected chi connectivity index (χ3v) is 9.51. The zero-order valence-electron chi connectivity index (χ0n) is 16.6. The van der Waals surface area contributed by atoms with Gasteiger partial charge in [0.05, 0.1) is 13.2 Å². The van der Waals surface area contributed by atoms with Gasteiger partial charge in [-0.25, -0.2) is 4.74 Å². The monoisotopic (exact) mass is 396 g/mol. The third-order valence-electron chi connectivity index (χ3n) is 4.86. The molecule has 5 nitrogen and oxygen atoms in total. The van der Waals surface area contributed by atoms with Crippen LogP contribution < -0.4 is 5.30 Å². The Hall–Kier alpha value is -0.780. The zero-order chi connectivity index (χ0) is 19.0. The van der Waals surface area contributed by atoms with Gasteiger partial charge in [0.2, 0.25) is 0 Å². The molecule has 1 aliphatic rings. The maximum Gasteiger partial charge on any atom is 0.196 e. The summed E-state index contributed by atoms with van der Waals surface area (Å²) in [5.74, 6) is 0. The number of benzene rings is 1. The molecule has 0 radical (unpaired) electrons. The lowest BCUT2D eigenvalue weighted by molar-refractivity contribution is 0.0686. The van der Waals surface area contributed by atoms with Crippen LogP contribution in [-0.4, -0.2) is 71.8 Å². The van der Waals surface area contributed by atoms with Gasteiger partial charge in [0, 0.05) is 44.6 Å². The van der Waals surface area contributed by atoms with Crippen molar-refractivity contribution in [3.63, 3.8) is 0 Å². The quantitative estimate of drug-likeness (QED) is 0.519. The molecule has 0 unspecified atom stereocenters. The van der Waals surface area contributed by atoms with Crippen molar-refractivity contribution in [2.45, 2.75) is 27.7 Å². The topological polar surface area (TPSA) is 31.3 Å². The highest BCUT2D eigenvalue weighted by molar-refractivity contribution is 7.81. The Bertz CT molecular complexity index is 595. The lowest BCUT2D eigenvalue weighted by Gasteiger charge is -2.43. The van der Waals surface area contributed by atoms with Crippen LogP contribution in [0.25, 0.3) is 0 Å². The second kappa shape index (κ2) is 10.5. The summed E-state index contributed by atoms with van der Waals surface area (Å²) < 4.78 is 15.9. The summed E-state index contributed by atoms with van der Waals surface area (Å²) in [5, 5.41) is 2.01. The van der Waals surface area contributed by atoms with E-state index < -0.39 is 7.36 Å². The van der Waals surface area contributed by atoms with Crippen LogP contribution in [0.2, 0.25) is 0 Å². The summed E-state index contributed by atoms with van der Waals surface area (Å²) in [6.07, 6.45) is 0. The van der Waals surface area contributed by atoms with Crippen LogP contribution in [0.4, 0.5) is 0 Å². The summed E-state index contributed by atoms with van der Waals surface area (Å²) in [6.45, 7) is 15.8. The highest BCUT2D eigenvalue weighted by Gasteiger charge is 2.34. The Kier molecular flexibility index (Phi) is 8.71. The summed E-state index contributed by atoms with van der Waals surface area (Å²) in [4.78, 5) is 2.20. The van der Waals surface area contributed by atoms with Crippen LogP contribution >= 0.6 is 19.6 Å². The normalized spacial score (nSPS) is 15.5. The first-order valence-electron chi connectivity index (χ1n) is 9.69. The van der Waals surface area contributed by atoms with Gasteiger partial charge in [-0.15, -0.1) is 0 Å². The van der Waals surface area contributed by atoms with Crippen molar-refractivity contribution in [3.8, 4) is 0 Å². The fourth-order valence-corrected chi connectivity index (χ4v) is 7.91. The van der Waals surface area contributed by atoms with E-state index >= 15 is 0 Å². The van der Waals surface area contributed by atoms with Crippen LogP contribution in [-0.2, 0) is 4.74 Å². The molecule has 1 aromatic carbocycles. The fraction of sp³-hybridized carbons (Fsp3) is 0.632. The van der Waals surface area contributed by atoms with Crippen LogP contribution in [0.3, 0.4) is 0 Å². The minimum Gasteiger partial charge on any atom is -0.378 e. The minimum absolute atomic E-state index is 0.725. The van der Waals surface area contributed by atoms with E-state index in [4.69, 9.17) is 21.7 Å². The Balaban J connectivity index is 2.64. The maximum atomic E-state index is 5.83. The van der Waals surface area contributed by atoms with Crippen LogP contribution in [0.1, 0.15) is 27.7 Å². The average Bonchev–Trinajstić information content (AvgIpc) is 2.70. The maximum absolute atomic E-state index is 5.83. The van der Waals surface area contributed by atoms with Crippen molar-refractivity contribution >= 4 is 30.0 Å². The molecule has 1 aromatic rings. The zero-order valence-corrected chi connectivity index (χ0v) is 18.3. The van der Waals surface area contributed by atoms with Gasteiger partial charge in [-0.1, -0.05) is 58.0 Å². The molecule has 1 fully saturated rings. The second-order valence-electron chi connectivity index (χ2n) is 6.16. The standard InChI is InChI=1S/C19H33N4OPS/c1-5-22(6-2)25(23(7-3)8-4,18-12-10-9-11-13-18)20-19(26)21-14-16-24-17-15-21/h9-13H,5-8,14-17H2,1-4H3. The average molecular weight is 397 g/mol. The van der Waals surface area contributed by atoms with Gasteiger partial charge in [-0.05, 0) is 12.2 Å². The largest absolute Gasteiger partial charge is 0.378 e. The molecule has 0 amide bonds. The van der Waals surface area contributed by atoms with Gasteiger partial charge in [0.15, 0.2) is 5.11 Å². The van der Waals surface area contributed by atoms with Gasteiger partial charge in [-0.2, -0.15) is 0 Å². The molecule has 0 atom stereocenters. The summed E-state index contributed by atoms with van der Waals surface area (Å²) in [5.41, 5.74) is 0. The number of hydrogen-bond donors (Lipinski definition) is 0. The van der Waals surface area contributed by atoms with Gasteiger partial charge in [0.1, 0.15) is 7.36 Å². The first-order valence-corrected chi connectivity index (χ1v) is 11.7. The molecule has 1 aliphatic heterocycles. The molecule has 0 bridgehead atoms. The SMILES string of the molecule is CCN(CC)P(=NC(=S)N1CCOCC1)(c1ccccc1)N(CC)CC. The number of hydrogen-bond acceptors (Lipinski definition) is 2. The Labute approximate surface area is 164 Å². The van der Waals surface area contributed by atoms with Crippen molar-refractivity contribution in [1.29, 1.82) is 0 Å². The van der Waals surface area contributed by atoms with Gasteiger partial charge in [-0.3, -0.25) is 9.34 Å². The van der Waals surface area contributed by atoms with Gasteiger partial charge >= 0.3 is 0 Å². The minimum atomic E-state index is -2.12. The molecule has 0 N–H and O–H groups in total. The number of rotatable bonds is 7. The van der Waals surface area contributed by atoms with E-state index in [0.29, 0.717) is 0 Å². The van der Waals surface area contributed by atoms with Gasteiger partial charge in [0.25, 0.3) is 0 Å². The first kappa shape index (κ1) is 21.5. The molecule has 1 saturated heterocycles. The predicted molar refractivity (Wildman–Crippen MR) is 116 cm³/mol. The Morgan fingerprint density at radius 2 is 1.50 bits per heavy atom. The smallest absolute Gasteiger partial charge is 0.196 e. The third kappa shape index (κ3) is 4.55. The van der Waals surface area contributed by atoms with E-state index in [0.717, 1.165) is 57.6 Å². The van der Waals surface area contributed by atoms with Gasteiger partial charge < -0.3 is 9.64 Å². The molecule has 26 heavy (non-hydrogen) atoms. The molecular formula is C19H33N4OPS. The summed E-state index contributed by atoms with van der Waals surface area (Å²) >= 11 is 5.83. The molecule has 2 rings (SSSR count). The number of ether oxygens (including phenoxy) is 1. The lowest BCUT2D eigenvalue weighted by atomic mass is 10.4. The van der Waals surface area contributed by atoms with E-state index in [1.807, 2.05) is 0 Å². The molecule has 0 aliphatic carbocycles. The number of thiocarbonyl (C=S) groups is 1. The number of nitrogens with zero attached hydrogens (tertiary/aromatic N) is 4. The van der Waals surface area contributed by atoms with Crippen LogP contribution in [0.5, 0.6) is 0 Å². The highest BCUT2D eigenvalue weighted by atomic mass is 32.1. The fourth-order valence-electron chi connectivity index (χ4n) is 3.49. The van der Waals surface area contributed by atoms with E-state index in [9.17, 15) is 0 Å². The molecule has 0 saturated carbocycles. The molecular weight excluding hydrogens is 363 g/mol. The lowest BCUT2D eigenvalue weighted by Crippen LogP contribution is -2.41. The summed E-state index contributed by atoms with van der Waals surface area (Å²) in [6, 6.07) is 10.7. The van der Waals surface area contributed by atoms with E-state index in [2.05, 4.69) is 72.3 Å². The van der Waals surface area contributed by atoms with E-state index in [1.54, 1.807) is 0 Å². The van der Waals surface area contributed by atoms with Crippen molar-refractivity contribution in [3.05, 3.63) is 30.3 Å². The molecule has 0 spiro atoms. The van der Waals surface area contributed by atoms with E-state index in [1.165, 1.54) is 5.30 Å². The van der Waals surface area contributed by atoms with E-state index in [-0.39, 0.29) is 0 Å². The number of morpholine rings is 1. The molecule has 1 heterocycles. The summed E-state index contributed by atoms with van der Waals surface area (Å²) in [7, 11) is -2.12. The molecule has 7 heteroatoms. The van der Waals surface area contributed by atoms with Crippen molar-refractivity contribution < 1.29 is 4.74 Å². The van der Waals surface area contributed by atoms with Crippen LogP contribution in [0.15, 0.2) is 35.1 Å². The molecule has 0 aromatic heterocycles. The Morgan fingerprint density at radius 3 is 1.96 bits per heavy atom. The predicted octanol–water partition coefficient (Wildman–Crippen LogP) is 3.64. The molecule has 146 valence electrons. The van der Waals surface area contributed by atoms with Crippen molar-refractivity contribution in [2.24, 2.45) is 4.74 Å². The second-order valence-corrected chi connectivity index (χ2v) is 9.51.